The second-order valence-corrected chi connectivity index (χ2v) is 4.78. The van der Waals surface area contributed by atoms with Gasteiger partial charge >= 0.3 is 0 Å². The van der Waals surface area contributed by atoms with Gasteiger partial charge in [0.25, 0.3) is 0 Å². The van der Waals surface area contributed by atoms with Crippen LogP contribution in [0, 0.1) is 24.5 Å². The molecule has 1 aromatic rings. The minimum Gasteiger partial charge on any atom is -0.204 e. The van der Waals surface area contributed by atoms with E-state index in [0.717, 1.165) is 31.2 Å². The van der Waals surface area contributed by atoms with Gasteiger partial charge < -0.3 is 0 Å². The molecular weight excluding hydrogens is 218 g/mol. The summed E-state index contributed by atoms with van der Waals surface area (Å²) in [6, 6.07) is 2.88. The summed E-state index contributed by atoms with van der Waals surface area (Å²) in [5.74, 6) is -0.916. The van der Waals surface area contributed by atoms with Crippen LogP contribution in [0.25, 0.3) is 0 Å². The minimum absolute atomic E-state index is 0.463. The molecule has 0 N–H and O–H groups in total. The fraction of sp³-hybridized carbons (Fsp3) is 0.600. The summed E-state index contributed by atoms with van der Waals surface area (Å²) in [5.41, 5.74) is 1.42. The molecule has 2 heteroatoms. The average molecular weight is 240 g/mol. The normalized spacial score (nSPS) is 12.8. The Morgan fingerprint density at radius 2 is 1.88 bits per heavy atom. The van der Waals surface area contributed by atoms with Gasteiger partial charge in [-0.05, 0) is 36.5 Å². The van der Waals surface area contributed by atoms with E-state index in [2.05, 4.69) is 13.8 Å². The molecule has 0 aliphatic heterocycles. The third kappa shape index (κ3) is 3.79. The molecule has 0 fully saturated rings. The summed E-state index contributed by atoms with van der Waals surface area (Å²) in [6.45, 7) is 6.12. The van der Waals surface area contributed by atoms with Gasteiger partial charge in [-0.1, -0.05) is 45.6 Å². The minimum atomic E-state index is -0.726. The molecule has 1 atom stereocenters. The molecule has 0 aliphatic carbocycles. The quantitative estimate of drug-likeness (QED) is 0.654. The van der Waals surface area contributed by atoms with E-state index in [1.165, 1.54) is 6.07 Å². The Kier molecular flexibility index (Phi) is 5.60. The van der Waals surface area contributed by atoms with Crippen molar-refractivity contribution >= 4 is 0 Å². The van der Waals surface area contributed by atoms with Crippen molar-refractivity contribution in [3.8, 4) is 0 Å². The smallest absolute Gasteiger partial charge is 0.162 e. The molecule has 0 amide bonds. The zero-order valence-electron chi connectivity index (χ0n) is 11.0. The Morgan fingerprint density at radius 1 is 1.18 bits per heavy atom. The maximum absolute atomic E-state index is 13.7. The fourth-order valence-electron chi connectivity index (χ4n) is 2.17. The molecule has 0 heterocycles. The molecule has 0 radical (unpaired) electrons. The number of hydrogen-bond acceptors (Lipinski definition) is 0. The van der Waals surface area contributed by atoms with Crippen molar-refractivity contribution in [2.45, 2.75) is 52.9 Å². The highest BCUT2D eigenvalue weighted by Crippen LogP contribution is 2.24. The van der Waals surface area contributed by atoms with E-state index in [1.807, 2.05) is 6.92 Å². The van der Waals surface area contributed by atoms with E-state index in [4.69, 9.17) is 0 Å². The molecular formula is C15H22F2. The fourth-order valence-corrected chi connectivity index (χ4v) is 2.17. The molecule has 1 aromatic carbocycles. The average Bonchev–Trinajstić information content (AvgIpc) is 2.33. The van der Waals surface area contributed by atoms with Gasteiger partial charge in [0.2, 0.25) is 0 Å². The Bertz CT molecular complexity index is 358. The first kappa shape index (κ1) is 14.1. The zero-order valence-corrected chi connectivity index (χ0v) is 11.0. The Labute approximate surface area is 103 Å². The van der Waals surface area contributed by atoms with Crippen molar-refractivity contribution in [3.63, 3.8) is 0 Å². The second kappa shape index (κ2) is 6.73. The molecule has 0 nitrogen and oxygen atoms in total. The summed E-state index contributed by atoms with van der Waals surface area (Å²) in [6.07, 6.45) is 5.10. The predicted octanol–water partition coefficient (Wildman–Crippen LogP) is 5.03. The monoisotopic (exact) mass is 240 g/mol. The standard InChI is InChI=1S/C15H22F2/c1-4-6-7-12(5-2)10-13-11(3)8-9-14(16)15(13)17/h8-9,12H,4-7,10H2,1-3H3/t12-/m0/s1. The highest BCUT2D eigenvalue weighted by molar-refractivity contribution is 5.28. The van der Waals surface area contributed by atoms with Gasteiger partial charge in [0.15, 0.2) is 11.6 Å². The van der Waals surface area contributed by atoms with Crippen molar-refractivity contribution in [2.24, 2.45) is 5.92 Å². The second-order valence-electron chi connectivity index (χ2n) is 4.78. The van der Waals surface area contributed by atoms with Crippen LogP contribution in [0.3, 0.4) is 0 Å². The van der Waals surface area contributed by atoms with Gasteiger partial charge in [0.1, 0.15) is 0 Å². The summed E-state index contributed by atoms with van der Waals surface area (Å²) in [4.78, 5) is 0. The van der Waals surface area contributed by atoms with E-state index in [9.17, 15) is 8.78 Å². The topological polar surface area (TPSA) is 0 Å². The van der Waals surface area contributed by atoms with Crippen LogP contribution < -0.4 is 0 Å². The number of benzene rings is 1. The summed E-state index contributed by atoms with van der Waals surface area (Å²) in [7, 11) is 0. The molecule has 96 valence electrons. The third-order valence-corrected chi connectivity index (χ3v) is 3.47. The lowest BCUT2D eigenvalue weighted by molar-refractivity contribution is 0.429. The summed E-state index contributed by atoms with van der Waals surface area (Å²) < 4.78 is 26.9. The van der Waals surface area contributed by atoms with Gasteiger partial charge in [-0.25, -0.2) is 8.78 Å². The highest BCUT2D eigenvalue weighted by Gasteiger charge is 2.15. The number of unbranched alkanes of at least 4 members (excludes halogenated alkanes) is 1. The maximum atomic E-state index is 13.7. The molecule has 0 saturated heterocycles. The van der Waals surface area contributed by atoms with Gasteiger partial charge in [-0.2, -0.15) is 0 Å². The van der Waals surface area contributed by atoms with E-state index in [0.29, 0.717) is 17.9 Å². The molecule has 17 heavy (non-hydrogen) atoms. The highest BCUT2D eigenvalue weighted by atomic mass is 19.2. The first-order valence-electron chi connectivity index (χ1n) is 6.53. The zero-order chi connectivity index (χ0) is 12.8. The SMILES string of the molecule is CCCC[C@H](CC)Cc1c(C)ccc(F)c1F. The Hall–Kier alpha value is -0.920. The van der Waals surface area contributed by atoms with E-state index in [1.54, 1.807) is 6.07 Å². The molecule has 0 unspecified atom stereocenters. The van der Waals surface area contributed by atoms with Crippen LogP contribution in [0.5, 0.6) is 0 Å². The first-order chi connectivity index (χ1) is 8.10. The number of rotatable bonds is 6. The lowest BCUT2D eigenvalue weighted by Crippen LogP contribution is -2.08. The van der Waals surface area contributed by atoms with Gasteiger partial charge in [-0.15, -0.1) is 0 Å². The van der Waals surface area contributed by atoms with Crippen LogP contribution in [0.15, 0.2) is 12.1 Å². The van der Waals surface area contributed by atoms with Crippen LogP contribution >= 0.6 is 0 Å². The summed E-state index contributed by atoms with van der Waals surface area (Å²) in [5, 5.41) is 0. The molecule has 0 spiro atoms. The van der Waals surface area contributed by atoms with Crippen molar-refractivity contribution in [1.82, 2.24) is 0 Å². The first-order valence-corrected chi connectivity index (χ1v) is 6.53. The molecule has 0 aromatic heterocycles. The van der Waals surface area contributed by atoms with E-state index in [-0.39, 0.29) is 0 Å². The predicted molar refractivity (Wildman–Crippen MR) is 68.1 cm³/mol. The lowest BCUT2D eigenvalue weighted by Gasteiger charge is -2.16. The van der Waals surface area contributed by atoms with E-state index < -0.39 is 11.6 Å². The van der Waals surface area contributed by atoms with Crippen molar-refractivity contribution in [1.29, 1.82) is 0 Å². The largest absolute Gasteiger partial charge is 0.204 e. The Morgan fingerprint density at radius 3 is 2.47 bits per heavy atom. The molecule has 0 aliphatic rings. The van der Waals surface area contributed by atoms with Crippen LogP contribution in [-0.4, -0.2) is 0 Å². The number of aryl methyl sites for hydroxylation is 1. The van der Waals surface area contributed by atoms with Crippen LogP contribution in [-0.2, 0) is 6.42 Å². The van der Waals surface area contributed by atoms with Crippen LogP contribution in [0.2, 0.25) is 0 Å². The van der Waals surface area contributed by atoms with Crippen LogP contribution in [0.1, 0.15) is 50.7 Å². The molecule has 0 saturated carbocycles. The van der Waals surface area contributed by atoms with Gasteiger partial charge in [0, 0.05) is 0 Å². The number of halogens is 2. The lowest BCUT2D eigenvalue weighted by atomic mass is 9.90. The van der Waals surface area contributed by atoms with Crippen molar-refractivity contribution in [2.75, 3.05) is 0 Å². The van der Waals surface area contributed by atoms with Crippen molar-refractivity contribution < 1.29 is 8.78 Å². The summed E-state index contributed by atoms with van der Waals surface area (Å²) >= 11 is 0. The number of hydrogen-bond donors (Lipinski definition) is 0. The van der Waals surface area contributed by atoms with E-state index >= 15 is 0 Å². The maximum Gasteiger partial charge on any atom is 0.162 e. The van der Waals surface area contributed by atoms with Gasteiger partial charge in [0.05, 0.1) is 0 Å². The van der Waals surface area contributed by atoms with Crippen LogP contribution in [0.4, 0.5) is 8.78 Å². The Balaban J connectivity index is 2.81. The van der Waals surface area contributed by atoms with Gasteiger partial charge in [-0.3, -0.25) is 0 Å². The molecule has 1 rings (SSSR count). The third-order valence-electron chi connectivity index (χ3n) is 3.47. The molecule has 0 bridgehead atoms. The van der Waals surface area contributed by atoms with Crippen molar-refractivity contribution in [3.05, 3.63) is 34.9 Å².